The Hall–Kier alpha value is -3.39. The van der Waals surface area contributed by atoms with Crippen LogP contribution in [-0.2, 0) is 0 Å². The zero-order chi connectivity index (χ0) is 22.2. The van der Waals surface area contributed by atoms with Gasteiger partial charge in [-0.25, -0.2) is 10.4 Å². The molecule has 1 heterocycles. The van der Waals surface area contributed by atoms with Gasteiger partial charge in [-0.1, -0.05) is 37.3 Å². The SMILES string of the molecule is CCCOc1c(OC)cc(/C=N\NC(=O)c2nc(-c3ccccc3)sc2C)cc1OC. The van der Waals surface area contributed by atoms with Crippen molar-refractivity contribution in [2.24, 2.45) is 5.10 Å². The van der Waals surface area contributed by atoms with E-state index >= 15 is 0 Å². The number of aromatic nitrogens is 1. The summed E-state index contributed by atoms with van der Waals surface area (Å²) in [6.45, 7) is 4.44. The maximum Gasteiger partial charge on any atom is 0.291 e. The molecule has 1 aromatic heterocycles. The Morgan fingerprint density at radius 1 is 1.16 bits per heavy atom. The summed E-state index contributed by atoms with van der Waals surface area (Å²) in [4.78, 5) is 17.9. The molecule has 0 fully saturated rings. The third kappa shape index (κ3) is 5.40. The second-order valence-electron chi connectivity index (χ2n) is 6.59. The number of hydrogen-bond acceptors (Lipinski definition) is 7. The largest absolute Gasteiger partial charge is 0.493 e. The van der Waals surface area contributed by atoms with E-state index in [0.717, 1.165) is 21.9 Å². The van der Waals surface area contributed by atoms with Crippen LogP contribution < -0.4 is 19.6 Å². The second-order valence-corrected chi connectivity index (χ2v) is 7.80. The van der Waals surface area contributed by atoms with Gasteiger partial charge in [-0.3, -0.25) is 4.79 Å². The van der Waals surface area contributed by atoms with Gasteiger partial charge in [-0.2, -0.15) is 5.10 Å². The molecule has 162 valence electrons. The summed E-state index contributed by atoms with van der Waals surface area (Å²) in [5, 5.41) is 4.87. The van der Waals surface area contributed by atoms with Crippen molar-refractivity contribution in [2.45, 2.75) is 20.3 Å². The Morgan fingerprint density at radius 2 is 1.84 bits per heavy atom. The van der Waals surface area contributed by atoms with E-state index < -0.39 is 0 Å². The van der Waals surface area contributed by atoms with Gasteiger partial charge in [0, 0.05) is 16.0 Å². The number of carbonyl (C=O) groups excluding carboxylic acids is 1. The number of carbonyl (C=O) groups is 1. The average Bonchev–Trinajstić information content (AvgIpc) is 3.19. The molecule has 3 aromatic rings. The summed E-state index contributed by atoms with van der Waals surface area (Å²) in [5.41, 5.74) is 4.57. The van der Waals surface area contributed by atoms with Crippen LogP contribution >= 0.6 is 11.3 Å². The first-order chi connectivity index (χ1) is 15.1. The number of hydrazone groups is 1. The predicted octanol–water partition coefficient (Wildman–Crippen LogP) is 4.69. The lowest BCUT2D eigenvalue weighted by Gasteiger charge is -2.14. The zero-order valence-electron chi connectivity index (χ0n) is 18.0. The van der Waals surface area contributed by atoms with E-state index in [0.29, 0.717) is 35.1 Å². The van der Waals surface area contributed by atoms with Gasteiger partial charge < -0.3 is 14.2 Å². The molecule has 7 nitrogen and oxygen atoms in total. The van der Waals surface area contributed by atoms with Crippen LogP contribution in [-0.4, -0.2) is 37.9 Å². The van der Waals surface area contributed by atoms with E-state index in [4.69, 9.17) is 14.2 Å². The predicted molar refractivity (Wildman–Crippen MR) is 123 cm³/mol. The fourth-order valence-corrected chi connectivity index (χ4v) is 3.77. The Kier molecular flexibility index (Phi) is 7.61. The molecule has 0 spiro atoms. The number of aryl methyl sites for hydroxylation is 1. The van der Waals surface area contributed by atoms with E-state index in [1.54, 1.807) is 26.4 Å². The van der Waals surface area contributed by atoms with Crippen LogP contribution in [0.2, 0.25) is 0 Å². The van der Waals surface area contributed by atoms with Gasteiger partial charge in [0.1, 0.15) is 10.7 Å². The Labute approximate surface area is 185 Å². The molecule has 0 aliphatic rings. The van der Waals surface area contributed by atoms with Gasteiger partial charge in [0.15, 0.2) is 11.5 Å². The normalized spacial score (nSPS) is 10.8. The number of rotatable bonds is 9. The topological polar surface area (TPSA) is 82.0 Å². The summed E-state index contributed by atoms with van der Waals surface area (Å²) in [6.07, 6.45) is 2.38. The van der Waals surface area contributed by atoms with E-state index in [1.165, 1.54) is 17.6 Å². The van der Waals surface area contributed by atoms with Crippen LogP contribution in [0.4, 0.5) is 0 Å². The molecule has 31 heavy (non-hydrogen) atoms. The van der Waals surface area contributed by atoms with Crippen molar-refractivity contribution in [2.75, 3.05) is 20.8 Å². The van der Waals surface area contributed by atoms with E-state index in [1.807, 2.05) is 44.2 Å². The van der Waals surface area contributed by atoms with Gasteiger partial charge in [0.2, 0.25) is 5.75 Å². The van der Waals surface area contributed by atoms with Crippen molar-refractivity contribution < 1.29 is 19.0 Å². The summed E-state index contributed by atoms with van der Waals surface area (Å²) < 4.78 is 16.6. The van der Waals surface area contributed by atoms with E-state index in [-0.39, 0.29) is 5.91 Å². The van der Waals surface area contributed by atoms with Crippen molar-refractivity contribution in [1.29, 1.82) is 0 Å². The molecule has 0 unspecified atom stereocenters. The second kappa shape index (κ2) is 10.6. The number of amides is 1. The van der Waals surface area contributed by atoms with Crippen LogP contribution in [0, 0.1) is 6.92 Å². The van der Waals surface area contributed by atoms with Gasteiger partial charge in [0.05, 0.1) is 27.0 Å². The molecular formula is C23H25N3O4S. The first kappa shape index (κ1) is 22.3. The zero-order valence-corrected chi connectivity index (χ0v) is 18.8. The maximum absolute atomic E-state index is 12.6. The highest BCUT2D eigenvalue weighted by molar-refractivity contribution is 7.15. The summed E-state index contributed by atoms with van der Waals surface area (Å²) >= 11 is 1.47. The highest BCUT2D eigenvalue weighted by atomic mass is 32.1. The molecule has 1 N–H and O–H groups in total. The number of benzene rings is 2. The molecule has 0 aliphatic carbocycles. The first-order valence-electron chi connectivity index (χ1n) is 9.82. The number of nitrogens with one attached hydrogen (secondary N) is 1. The number of hydrogen-bond donors (Lipinski definition) is 1. The first-order valence-corrected chi connectivity index (χ1v) is 10.6. The molecule has 0 atom stereocenters. The van der Waals surface area contributed by atoms with Crippen LogP contribution in [0.3, 0.4) is 0 Å². The van der Waals surface area contributed by atoms with Crippen molar-refractivity contribution in [1.82, 2.24) is 10.4 Å². The number of nitrogens with zero attached hydrogens (tertiary/aromatic N) is 2. The summed E-state index contributed by atoms with van der Waals surface area (Å²) in [7, 11) is 3.12. The third-order valence-electron chi connectivity index (χ3n) is 4.35. The maximum atomic E-state index is 12.6. The fourth-order valence-electron chi connectivity index (χ4n) is 2.85. The lowest BCUT2D eigenvalue weighted by Crippen LogP contribution is -2.19. The highest BCUT2D eigenvalue weighted by Gasteiger charge is 2.16. The standard InChI is InChI=1S/C23H25N3O4S/c1-5-11-30-21-18(28-3)12-16(13-19(21)29-4)14-24-26-22(27)20-15(2)31-23(25-20)17-9-7-6-8-10-17/h6-10,12-14H,5,11H2,1-4H3,(H,26,27)/b24-14-. The van der Waals surface area contributed by atoms with Crippen molar-refractivity contribution >= 4 is 23.5 Å². The van der Waals surface area contributed by atoms with E-state index in [2.05, 4.69) is 15.5 Å². The van der Waals surface area contributed by atoms with Gasteiger partial charge in [0.25, 0.3) is 5.91 Å². The number of methoxy groups -OCH3 is 2. The summed E-state index contributed by atoms with van der Waals surface area (Å²) in [5.74, 6) is 1.24. The van der Waals surface area contributed by atoms with E-state index in [9.17, 15) is 4.79 Å². The Morgan fingerprint density at radius 3 is 2.45 bits per heavy atom. The molecule has 0 saturated carbocycles. The molecule has 0 radical (unpaired) electrons. The molecule has 0 bridgehead atoms. The lowest BCUT2D eigenvalue weighted by molar-refractivity contribution is 0.0950. The quantitative estimate of drug-likeness (QED) is 0.386. The van der Waals surface area contributed by atoms with Crippen molar-refractivity contribution in [3.8, 4) is 27.8 Å². The number of ether oxygens (including phenoxy) is 3. The van der Waals surface area contributed by atoms with Gasteiger partial charge in [-0.05, 0) is 25.5 Å². The van der Waals surface area contributed by atoms with Gasteiger partial charge >= 0.3 is 0 Å². The molecule has 8 heteroatoms. The smallest absolute Gasteiger partial charge is 0.291 e. The van der Waals surface area contributed by atoms with Crippen molar-refractivity contribution in [3.05, 3.63) is 58.6 Å². The summed E-state index contributed by atoms with van der Waals surface area (Å²) in [6, 6.07) is 13.3. The molecule has 2 aromatic carbocycles. The minimum Gasteiger partial charge on any atom is -0.493 e. The monoisotopic (exact) mass is 439 g/mol. The molecule has 1 amide bonds. The Bertz CT molecular complexity index is 1040. The lowest BCUT2D eigenvalue weighted by atomic mass is 10.2. The minimum absolute atomic E-state index is 0.361. The molecule has 0 aliphatic heterocycles. The van der Waals surface area contributed by atoms with Gasteiger partial charge in [-0.15, -0.1) is 11.3 Å². The van der Waals surface area contributed by atoms with Crippen LogP contribution in [0.1, 0.15) is 34.3 Å². The molecule has 0 saturated heterocycles. The average molecular weight is 440 g/mol. The Balaban J connectivity index is 1.74. The molecule has 3 rings (SSSR count). The molecular weight excluding hydrogens is 414 g/mol. The highest BCUT2D eigenvalue weighted by Crippen LogP contribution is 2.38. The number of thiazole rings is 1. The van der Waals surface area contributed by atoms with Crippen LogP contribution in [0.25, 0.3) is 10.6 Å². The fraction of sp³-hybridized carbons (Fsp3) is 0.261. The minimum atomic E-state index is -0.367. The van der Waals surface area contributed by atoms with Crippen molar-refractivity contribution in [3.63, 3.8) is 0 Å². The third-order valence-corrected chi connectivity index (χ3v) is 5.37. The van der Waals surface area contributed by atoms with Crippen LogP contribution in [0.15, 0.2) is 47.6 Å². The van der Waals surface area contributed by atoms with Crippen LogP contribution in [0.5, 0.6) is 17.2 Å².